The quantitative estimate of drug-likeness (QED) is 0.485. The molecule has 1 fully saturated rings. The lowest BCUT2D eigenvalue weighted by atomic mass is 10.2. The summed E-state index contributed by atoms with van der Waals surface area (Å²) in [5.41, 5.74) is 1.79. The van der Waals surface area contributed by atoms with Crippen LogP contribution in [-0.2, 0) is 16.1 Å². The molecule has 1 heterocycles. The van der Waals surface area contributed by atoms with E-state index in [4.69, 9.17) is 16.3 Å². The molecule has 2 aromatic carbocycles. The zero-order valence-corrected chi connectivity index (χ0v) is 17.0. The normalized spacial score (nSPS) is 14.7. The van der Waals surface area contributed by atoms with Gasteiger partial charge < -0.3 is 10.1 Å². The summed E-state index contributed by atoms with van der Waals surface area (Å²) in [5, 5.41) is 5.38. The lowest BCUT2D eigenvalue weighted by Gasteiger charge is -2.08. The van der Waals surface area contributed by atoms with Crippen LogP contribution in [0.15, 0.2) is 53.4 Å². The lowest BCUT2D eigenvalue weighted by Crippen LogP contribution is -2.22. The van der Waals surface area contributed by atoms with E-state index in [0.717, 1.165) is 22.9 Å². The largest absolute Gasteiger partial charge is 0.494 e. The van der Waals surface area contributed by atoms with Gasteiger partial charge in [0.1, 0.15) is 5.75 Å². The third kappa shape index (κ3) is 6.66. The third-order valence-corrected chi connectivity index (χ3v) is 5.10. The number of hydrogen-bond donors (Lipinski definition) is 2. The fourth-order valence-electron chi connectivity index (χ4n) is 2.55. The molecule has 0 atom stereocenters. The highest BCUT2D eigenvalue weighted by atomic mass is 35.5. The molecule has 0 spiro atoms. The van der Waals surface area contributed by atoms with Crippen molar-refractivity contribution in [1.82, 2.24) is 10.6 Å². The predicted molar refractivity (Wildman–Crippen MR) is 114 cm³/mol. The van der Waals surface area contributed by atoms with Crippen molar-refractivity contribution in [3.63, 3.8) is 0 Å². The van der Waals surface area contributed by atoms with E-state index in [2.05, 4.69) is 10.6 Å². The van der Waals surface area contributed by atoms with E-state index < -0.39 is 0 Å². The Labute approximate surface area is 177 Å². The number of hydrogen-bond acceptors (Lipinski definition) is 5. The molecule has 29 heavy (non-hydrogen) atoms. The Hall–Kier alpha value is -2.77. The van der Waals surface area contributed by atoms with Crippen LogP contribution in [-0.4, -0.2) is 23.7 Å². The molecule has 2 aromatic rings. The van der Waals surface area contributed by atoms with Gasteiger partial charge in [-0.05, 0) is 59.7 Å². The number of imide groups is 1. The molecule has 0 unspecified atom stereocenters. The van der Waals surface area contributed by atoms with Crippen LogP contribution in [0.4, 0.5) is 4.79 Å². The molecule has 3 amide bonds. The van der Waals surface area contributed by atoms with Gasteiger partial charge in [-0.1, -0.05) is 35.9 Å². The number of thioether (sulfide) groups is 1. The minimum atomic E-state index is -0.380. The minimum absolute atomic E-state index is 0.0348. The number of carbonyl (C=O) groups excluding carboxylic acids is 3. The van der Waals surface area contributed by atoms with Crippen molar-refractivity contribution in [2.75, 3.05) is 6.61 Å². The Morgan fingerprint density at radius 2 is 1.83 bits per heavy atom. The van der Waals surface area contributed by atoms with Crippen LogP contribution in [0.5, 0.6) is 5.75 Å². The van der Waals surface area contributed by atoms with Crippen molar-refractivity contribution in [2.24, 2.45) is 0 Å². The average molecular weight is 431 g/mol. The smallest absolute Gasteiger partial charge is 0.290 e. The summed E-state index contributed by atoms with van der Waals surface area (Å²) >= 11 is 6.72. The van der Waals surface area contributed by atoms with Gasteiger partial charge in [-0.15, -0.1) is 0 Å². The number of halogens is 1. The molecule has 0 aromatic heterocycles. The number of carbonyl (C=O) groups is 3. The van der Waals surface area contributed by atoms with Crippen LogP contribution < -0.4 is 15.4 Å². The molecule has 150 valence electrons. The van der Waals surface area contributed by atoms with Gasteiger partial charge in [-0.2, -0.15) is 0 Å². The Morgan fingerprint density at radius 3 is 2.48 bits per heavy atom. The van der Waals surface area contributed by atoms with Gasteiger partial charge in [0.05, 0.1) is 11.5 Å². The van der Waals surface area contributed by atoms with Crippen molar-refractivity contribution in [2.45, 2.75) is 19.4 Å². The minimum Gasteiger partial charge on any atom is -0.494 e. The second-order valence-electron chi connectivity index (χ2n) is 6.28. The third-order valence-electron chi connectivity index (χ3n) is 4.04. The number of ether oxygens (including phenoxy) is 1. The number of benzene rings is 2. The average Bonchev–Trinajstić information content (AvgIpc) is 3.03. The number of nitrogens with one attached hydrogen (secondary N) is 2. The number of amides is 3. The first-order valence-electron chi connectivity index (χ1n) is 8.98. The zero-order chi connectivity index (χ0) is 20.6. The first-order chi connectivity index (χ1) is 14.0. The molecule has 0 bridgehead atoms. The van der Waals surface area contributed by atoms with Crippen LogP contribution in [0.3, 0.4) is 0 Å². The molecule has 1 aliphatic heterocycles. The van der Waals surface area contributed by atoms with E-state index in [9.17, 15) is 14.4 Å². The Morgan fingerprint density at radius 1 is 1.10 bits per heavy atom. The predicted octanol–water partition coefficient (Wildman–Crippen LogP) is 4.14. The summed E-state index contributed by atoms with van der Waals surface area (Å²) in [6, 6.07) is 14.5. The highest BCUT2D eigenvalue weighted by molar-refractivity contribution is 8.18. The van der Waals surface area contributed by atoms with E-state index in [-0.39, 0.29) is 17.1 Å². The van der Waals surface area contributed by atoms with Crippen LogP contribution in [0.2, 0.25) is 5.02 Å². The van der Waals surface area contributed by atoms with E-state index in [1.165, 1.54) is 0 Å². The summed E-state index contributed by atoms with van der Waals surface area (Å²) in [6.45, 7) is 0.886. The van der Waals surface area contributed by atoms with E-state index in [1.54, 1.807) is 42.5 Å². The lowest BCUT2D eigenvalue weighted by molar-refractivity contribution is -0.121. The first-order valence-corrected chi connectivity index (χ1v) is 10.2. The van der Waals surface area contributed by atoms with Gasteiger partial charge >= 0.3 is 0 Å². The fourth-order valence-corrected chi connectivity index (χ4v) is 3.35. The maximum absolute atomic E-state index is 11.9. The van der Waals surface area contributed by atoms with Gasteiger partial charge in [0, 0.05) is 18.0 Å². The highest BCUT2D eigenvalue weighted by Gasteiger charge is 2.24. The van der Waals surface area contributed by atoms with E-state index in [1.807, 2.05) is 12.1 Å². The van der Waals surface area contributed by atoms with Gasteiger partial charge in [-0.3, -0.25) is 19.7 Å². The topological polar surface area (TPSA) is 84.5 Å². The van der Waals surface area contributed by atoms with Crippen LogP contribution in [0, 0.1) is 0 Å². The van der Waals surface area contributed by atoms with Gasteiger partial charge in [-0.25, -0.2) is 0 Å². The van der Waals surface area contributed by atoms with Gasteiger partial charge in [0.2, 0.25) is 5.91 Å². The van der Waals surface area contributed by atoms with Crippen LogP contribution in [0.25, 0.3) is 6.08 Å². The molecule has 3 rings (SSSR count). The highest BCUT2D eigenvalue weighted by Crippen LogP contribution is 2.26. The molecule has 2 N–H and O–H groups in total. The molecule has 0 saturated carbocycles. The van der Waals surface area contributed by atoms with E-state index in [0.29, 0.717) is 41.7 Å². The molecule has 1 aliphatic rings. The van der Waals surface area contributed by atoms with Crippen LogP contribution in [0.1, 0.15) is 24.0 Å². The Kier molecular flexibility index (Phi) is 7.32. The SMILES string of the molecule is O=C(CCCOc1ccc(C=C2SC(=O)NC2=O)cc1)NCc1ccc(Cl)cc1. The summed E-state index contributed by atoms with van der Waals surface area (Å²) in [6.07, 6.45) is 2.62. The molecule has 0 aliphatic carbocycles. The molecule has 0 radical (unpaired) electrons. The molecule has 6 nitrogen and oxygen atoms in total. The second kappa shape index (κ2) is 10.1. The summed E-state index contributed by atoms with van der Waals surface area (Å²) in [5.74, 6) is 0.260. The Balaban J connectivity index is 1.36. The molecule has 8 heteroatoms. The molecule has 1 saturated heterocycles. The second-order valence-corrected chi connectivity index (χ2v) is 7.73. The summed E-state index contributed by atoms with van der Waals surface area (Å²) in [4.78, 5) is 35.0. The van der Waals surface area contributed by atoms with E-state index >= 15 is 0 Å². The van der Waals surface area contributed by atoms with Crippen molar-refractivity contribution in [3.8, 4) is 5.75 Å². The standard InChI is InChI=1S/C21H19ClN2O4S/c22-16-7-3-15(4-8-16)13-23-19(25)2-1-11-28-17-9-5-14(6-10-17)12-18-20(26)24-21(27)29-18/h3-10,12H,1-2,11,13H2,(H,23,25)(H,24,26,27). The van der Waals surface area contributed by atoms with Crippen molar-refractivity contribution < 1.29 is 19.1 Å². The van der Waals surface area contributed by atoms with Gasteiger partial charge in [0.25, 0.3) is 11.1 Å². The fraction of sp³-hybridized carbons (Fsp3) is 0.190. The maximum Gasteiger partial charge on any atom is 0.290 e. The van der Waals surface area contributed by atoms with Crippen molar-refractivity contribution >= 4 is 46.5 Å². The molecular formula is C21H19ClN2O4S. The summed E-state index contributed by atoms with van der Waals surface area (Å²) < 4.78 is 5.64. The first kappa shape index (κ1) is 21.0. The number of rotatable bonds is 8. The monoisotopic (exact) mass is 430 g/mol. The molecular weight excluding hydrogens is 412 g/mol. The zero-order valence-electron chi connectivity index (χ0n) is 15.4. The van der Waals surface area contributed by atoms with Gasteiger partial charge in [0.15, 0.2) is 0 Å². The summed E-state index contributed by atoms with van der Waals surface area (Å²) in [7, 11) is 0. The Bertz CT molecular complexity index is 927. The maximum atomic E-state index is 11.9. The van der Waals surface area contributed by atoms with Crippen LogP contribution >= 0.6 is 23.4 Å². The van der Waals surface area contributed by atoms with Crippen molar-refractivity contribution in [3.05, 3.63) is 69.6 Å². The van der Waals surface area contributed by atoms with Crippen molar-refractivity contribution in [1.29, 1.82) is 0 Å².